The second-order valence-electron chi connectivity index (χ2n) is 3.67. The molecule has 0 aromatic rings. The zero-order valence-corrected chi connectivity index (χ0v) is 12.1. The van der Waals surface area contributed by atoms with Gasteiger partial charge in [-0.2, -0.15) is 0 Å². The standard InChI is InChI=1S/C10H23NO5Si/c1-5-7-11(10(12)13)8-6-9-17(14-2,15-3)16-4/h5-9H2,1-4H3,(H,12,13). The van der Waals surface area contributed by atoms with E-state index in [1.165, 1.54) is 4.90 Å². The molecule has 0 radical (unpaired) electrons. The molecule has 0 atom stereocenters. The summed E-state index contributed by atoms with van der Waals surface area (Å²) in [5.41, 5.74) is 0. The first-order valence-electron chi connectivity index (χ1n) is 5.68. The van der Waals surface area contributed by atoms with Crippen LogP contribution in [-0.2, 0) is 13.3 Å². The van der Waals surface area contributed by atoms with Crippen molar-refractivity contribution in [3.05, 3.63) is 0 Å². The fraction of sp³-hybridized carbons (Fsp3) is 0.900. The van der Waals surface area contributed by atoms with E-state index in [1.807, 2.05) is 6.92 Å². The zero-order valence-electron chi connectivity index (χ0n) is 11.1. The summed E-state index contributed by atoms with van der Waals surface area (Å²) in [7, 11) is 2.11. The smallest absolute Gasteiger partial charge is 0.465 e. The Hall–Kier alpha value is -0.633. The lowest BCUT2D eigenvalue weighted by molar-refractivity contribution is 0.119. The SMILES string of the molecule is CCCN(CCC[Si](OC)(OC)OC)C(=O)O. The highest BCUT2D eigenvalue weighted by Crippen LogP contribution is 2.15. The number of rotatable bonds is 9. The van der Waals surface area contributed by atoms with Crippen LogP contribution in [0.4, 0.5) is 4.79 Å². The van der Waals surface area contributed by atoms with E-state index in [4.69, 9.17) is 18.4 Å². The van der Waals surface area contributed by atoms with Gasteiger partial charge < -0.3 is 23.3 Å². The Bertz CT molecular complexity index is 214. The quantitative estimate of drug-likeness (QED) is 0.642. The average Bonchev–Trinajstić information content (AvgIpc) is 2.34. The van der Waals surface area contributed by atoms with Crippen molar-refractivity contribution in [2.45, 2.75) is 25.8 Å². The summed E-state index contributed by atoms with van der Waals surface area (Å²) in [4.78, 5) is 12.3. The largest absolute Gasteiger partial charge is 0.500 e. The van der Waals surface area contributed by atoms with Crippen LogP contribution in [-0.4, -0.2) is 59.3 Å². The van der Waals surface area contributed by atoms with Crippen LogP contribution in [0.2, 0.25) is 6.04 Å². The van der Waals surface area contributed by atoms with Crippen LogP contribution < -0.4 is 0 Å². The Morgan fingerprint density at radius 2 is 1.71 bits per heavy atom. The van der Waals surface area contributed by atoms with E-state index < -0.39 is 14.9 Å². The van der Waals surface area contributed by atoms with Crippen molar-refractivity contribution in [3.8, 4) is 0 Å². The Kier molecular flexibility index (Phi) is 8.14. The highest BCUT2D eigenvalue weighted by atomic mass is 28.4. The van der Waals surface area contributed by atoms with Gasteiger partial charge in [0.15, 0.2) is 0 Å². The summed E-state index contributed by atoms with van der Waals surface area (Å²) >= 11 is 0. The molecule has 0 rings (SSSR count). The van der Waals surface area contributed by atoms with Gasteiger partial charge in [0.25, 0.3) is 0 Å². The van der Waals surface area contributed by atoms with Crippen LogP contribution in [0.25, 0.3) is 0 Å². The molecule has 102 valence electrons. The molecule has 1 N–H and O–H groups in total. The van der Waals surface area contributed by atoms with Crippen molar-refractivity contribution in [1.82, 2.24) is 4.90 Å². The van der Waals surface area contributed by atoms with E-state index in [-0.39, 0.29) is 0 Å². The highest BCUT2D eigenvalue weighted by molar-refractivity contribution is 6.60. The Balaban J connectivity index is 4.13. The molecular weight excluding hydrogens is 242 g/mol. The van der Waals surface area contributed by atoms with Crippen molar-refractivity contribution in [3.63, 3.8) is 0 Å². The first kappa shape index (κ1) is 16.4. The molecule has 0 bridgehead atoms. The Labute approximate surface area is 104 Å². The van der Waals surface area contributed by atoms with Crippen LogP contribution in [0, 0.1) is 0 Å². The molecule has 0 aromatic heterocycles. The van der Waals surface area contributed by atoms with Gasteiger partial charge in [0, 0.05) is 40.5 Å². The molecule has 0 aromatic carbocycles. The van der Waals surface area contributed by atoms with E-state index in [0.29, 0.717) is 25.6 Å². The second kappa shape index (κ2) is 8.46. The predicted octanol–water partition coefficient (Wildman–Crippen LogP) is 1.64. The molecule has 0 saturated heterocycles. The lowest BCUT2D eigenvalue weighted by Crippen LogP contribution is -2.43. The molecule has 0 unspecified atom stereocenters. The summed E-state index contributed by atoms with van der Waals surface area (Å²) in [6.07, 6.45) is 0.605. The Morgan fingerprint density at radius 1 is 1.18 bits per heavy atom. The fourth-order valence-corrected chi connectivity index (χ4v) is 3.32. The minimum atomic E-state index is -2.56. The fourth-order valence-electron chi connectivity index (χ4n) is 1.62. The van der Waals surface area contributed by atoms with Crippen molar-refractivity contribution >= 4 is 14.9 Å². The number of carbonyl (C=O) groups is 1. The van der Waals surface area contributed by atoms with E-state index in [0.717, 1.165) is 6.42 Å². The summed E-state index contributed by atoms with van der Waals surface area (Å²) < 4.78 is 15.8. The van der Waals surface area contributed by atoms with Crippen LogP contribution >= 0.6 is 0 Å². The third-order valence-electron chi connectivity index (χ3n) is 2.61. The van der Waals surface area contributed by atoms with Gasteiger partial charge in [0.1, 0.15) is 0 Å². The molecule has 0 aliphatic heterocycles. The number of carboxylic acid groups (broad SMARTS) is 1. The van der Waals surface area contributed by atoms with Gasteiger partial charge in [0.2, 0.25) is 0 Å². The maximum Gasteiger partial charge on any atom is 0.500 e. The third kappa shape index (κ3) is 5.49. The van der Waals surface area contributed by atoms with Crippen molar-refractivity contribution < 1.29 is 23.2 Å². The summed E-state index contributed by atoms with van der Waals surface area (Å²) in [5.74, 6) is 0. The molecule has 0 aliphatic rings. The number of nitrogens with zero attached hydrogens (tertiary/aromatic N) is 1. The third-order valence-corrected chi connectivity index (χ3v) is 5.44. The summed E-state index contributed by atoms with van der Waals surface area (Å²) in [6.45, 7) is 2.99. The molecule has 17 heavy (non-hydrogen) atoms. The van der Waals surface area contributed by atoms with Gasteiger partial charge in [-0.15, -0.1) is 0 Å². The number of amides is 1. The molecule has 0 saturated carbocycles. The van der Waals surface area contributed by atoms with Crippen molar-refractivity contribution in [2.24, 2.45) is 0 Å². The topological polar surface area (TPSA) is 68.2 Å². The monoisotopic (exact) mass is 265 g/mol. The van der Waals surface area contributed by atoms with Gasteiger partial charge in [-0.1, -0.05) is 6.92 Å². The normalized spacial score (nSPS) is 11.5. The lowest BCUT2D eigenvalue weighted by atomic mass is 10.4. The van der Waals surface area contributed by atoms with E-state index in [9.17, 15) is 4.79 Å². The average molecular weight is 265 g/mol. The van der Waals surface area contributed by atoms with Crippen LogP contribution in [0.3, 0.4) is 0 Å². The number of hydrogen-bond donors (Lipinski definition) is 1. The molecule has 0 heterocycles. The first-order valence-corrected chi connectivity index (χ1v) is 7.61. The van der Waals surface area contributed by atoms with Crippen molar-refractivity contribution in [2.75, 3.05) is 34.4 Å². The molecule has 0 fully saturated rings. The van der Waals surface area contributed by atoms with Gasteiger partial charge in [-0.25, -0.2) is 4.79 Å². The van der Waals surface area contributed by atoms with E-state index >= 15 is 0 Å². The van der Waals surface area contributed by atoms with Crippen LogP contribution in [0.5, 0.6) is 0 Å². The first-order chi connectivity index (χ1) is 8.05. The number of hydrogen-bond acceptors (Lipinski definition) is 4. The maximum atomic E-state index is 10.9. The lowest BCUT2D eigenvalue weighted by Gasteiger charge is -2.25. The van der Waals surface area contributed by atoms with Gasteiger partial charge in [0.05, 0.1) is 0 Å². The molecule has 0 spiro atoms. The highest BCUT2D eigenvalue weighted by Gasteiger charge is 2.37. The van der Waals surface area contributed by atoms with E-state index in [2.05, 4.69) is 0 Å². The Morgan fingerprint density at radius 3 is 2.06 bits per heavy atom. The zero-order chi connectivity index (χ0) is 13.3. The van der Waals surface area contributed by atoms with Gasteiger partial charge in [-0.3, -0.25) is 0 Å². The second-order valence-corrected chi connectivity index (χ2v) is 6.76. The predicted molar refractivity (Wildman–Crippen MR) is 66.1 cm³/mol. The van der Waals surface area contributed by atoms with Crippen LogP contribution in [0.15, 0.2) is 0 Å². The molecular formula is C10H23NO5Si. The van der Waals surface area contributed by atoms with Crippen molar-refractivity contribution in [1.29, 1.82) is 0 Å². The summed E-state index contributed by atoms with van der Waals surface area (Å²) in [5, 5.41) is 8.95. The van der Waals surface area contributed by atoms with Crippen LogP contribution in [0.1, 0.15) is 19.8 Å². The summed E-state index contributed by atoms with van der Waals surface area (Å²) in [6, 6.07) is 0.615. The van der Waals surface area contributed by atoms with E-state index in [1.54, 1.807) is 21.3 Å². The minimum absolute atomic E-state index is 0.480. The molecule has 7 heteroatoms. The molecule has 6 nitrogen and oxygen atoms in total. The minimum Gasteiger partial charge on any atom is -0.465 e. The maximum absolute atomic E-state index is 10.9. The van der Waals surface area contributed by atoms with Gasteiger partial charge >= 0.3 is 14.9 Å². The molecule has 1 amide bonds. The van der Waals surface area contributed by atoms with Gasteiger partial charge in [-0.05, 0) is 12.8 Å². The molecule has 0 aliphatic carbocycles.